The van der Waals surface area contributed by atoms with Gasteiger partial charge in [0, 0.05) is 10.7 Å². The first-order chi connectivity index (χ1) is 18.6. The van der Waals surface area contributed by atoms with E-state index in [1.165, 1.54) is 12.1 Å². The first-order valence-corrected chi connectivity index (χ1v) is 14.1. The number of hydrogen-bond donors (Lipinski definition) is 1. The quantitative estimate of drug-likeness (QED) is 0.185. The fraction of sp³-hybridized carbons (Fsp3) is 0.148. The van der Waals surface area contributed by atoms with Crippen molar-refractivity contribution in [3.05, 3.63) is 90.1 Å². The minimum atomic E-state index is -0.631. The van der Waals surface area contributed by atoms with Gasteiger partial charge in [-0.2, -0.15) is 0 Å². The maximum absolute atomic E-state index is 13.4. The van der Waals surface area contributed by atoms with Crippen LogP contribution >= 0.6 is 57.6 Å². The van der Waals surface area contributed by atoms with E-state index in [0.717, 1.165) is 31.9 Å². The number of thioether (sulfide) groups is 1. The van der Waals surface area contributed by atoms with Crippen molar-refractivity contribution < 1.29 is 28.2 Å². The molecule has 3 aromatic rings. The highest BCUT2D eigenvalue weighted by molar-refractivity contribution is 14.1. The number of amides is 3. The number of hydrogen-bond acceptors (Lipinski definition) is 6. The van der Waals surface area contributed by atoms with Crippen molar-refractivity contribution in [3.8, 4) is 11.5 Å². The minimum Gasteiger partial charge on any atom is -0.490 e. The van der Waals surface area contributed by atoms with E-state index >= 15 is 0 Å². The average molecular weight is 701 g/mol. The number of halogens is 4. The Labute approximate surface area is 251 Å². The van der Waals surface area contributed by atoms with Gasteiger partial charge in [-0.1, -0.05) is 35.3 Å². The summed E-state index contributed by atoms with van der Waals surface area (Å²) >= 11 is 14.5. The van der Waals surface area contributed by atoms with Gasteiger partial charge in [-0.05, 0) is 101 Å². The Hall–Kier alpha value is -2.80. The Bertz CT molecular complexity index is 1470. The van der Waals surface area contributed by atoms with Gasteiger partial charge >= 0.3 is 0 Å². The molecule has 12 heteroatoms. The topological polar surface area (TPSA) is 84.9 Å². The summed E-state index contributed by atoms with van der Waals surface area (Å²) in [5.74, 6) is -0.824. The van der Waals surface area contributed by atoms with E-state index in [9.17, 15) is 18.8 Å². The van der Waals surface area contributed by atoms with Crippen LogP contribution in [-0.4, -0.2) is 35.1 Å². The molecule has 0 saturated carbocycles. The summed E-state index contributed by atoms with van der Waals surface area (Å²) in [6, 6.07) is 14.5. The molecule has 1 saturated heterocycles. The molecule has 202 valence electrons. The third-order valence-corrected chi connectivity index (χ3v) is 7.55. The molecule has 3 amide bonds. The highest BCUT2D eigenvalue weighted by Crippen LogP contribution is 2.38. The van der Waals surface area contributed by atoms with Crippen LogP contribution in [0.1, 0.15) is 18.1 Å². The molecule has 0 bridgehead atoms. The predicted octanol–water partition coefficient (Wildman–Crippen LogP) is 7.39. The number of ether oxygens (including phenoxy) is 2. The Balaban J connectivity index is 1.48. The van der Waals surface area contributed by atoms with Crippen LogP contribution in [-0.2, 0) is 16.2 Å². The summed E-state index contributed by atoms with van der Waals surface area (Å²) in [4.78, 5) is 38.9. The van der Waals surface area contributed by atoms with Crippen molar-refractivity contribution in [3.63, 3.8) is 0 Å². The van der Waals surface area contributed by atoms with Crippen LogP contribution < -0.4 is 14.8 Å². The van der Waals surface area contributed by atoms with Gasteiger partial charge in [-0.25, -0.2) is 4.39 Å². The van der Waals surface area contributed by atoms with E-state index < -0.39 is 29.4 Å². The average Bonchev–Trinajstić information content (AvgIpc) is 3.14. The Morgan fingerprint density at radius 1 is 1.10 bits per heavy atom. The molecule has 0 spiro atoms. The van der Waals surface area contributed by atoms with E-state index in [1.807, 2.05) is 19.1 Å². The highest BCUT2D eigenvalue weighted by Gasteiger charge is 2.36. The smallest absolute Gasteiger partial charge is 0.294 e. The number of benzene rings is 3. The molecular weight excluding hydrogens is 681 g/mol. The molecule has 4 rings (SSSR count). The molecule has 1 N–H and O–H groups in total. The summed E-state index contributed by atoms with van der Waals surface area (Å²) in [5, 5.41) is 2.39. The lowest BCUT2D eigenvalue weighted by Gasteiger charge is -2.15. The number of nitrogens with zero attached hydrogens (tertiary/aromatic N) is 1. The zero-order valence-corrected chi connectivity index (χ0v) is 24.8. The minimum absolute atomic E-state index is 0.158. The van der Waals surface area contributed by atoms with Crippen molar-refractivity contribution >= 4 is 86.4 Å². The molecule has 39 heavy (non-hydrogen) atoms. The molecule has 1 aliphatic rings. The van der Waals surface area contributed by atoms with Crippen molar-refractivity contribution in [1.82, 2.24) is 4.90 Å². The maximum atomic E-state index is 13.4. The fourth-order valence-corrected chi connectivity index (χ4v) is 5.44. The number of imide groups is 1. The van der Waals surface area contributed by atoms with E-state index in [-0.39, 0.29) is 15.6 Å². The molecule has 0 unspecified atom stereocenters. The van der Waals surface area contributed by atoms with Crippen molar-refractivity contribution in [2.24, 2.45) is 0 Å². The molecule has 1 aliphatic heterocycles. The highest BCUT2D eigenvalue weighted by atomic mass is 127. The van der Waals surface area contributed by atoms with Crippen LogP contribution in [0.25, 0.3) is 6.08 Å². The molecule has 0 radical (unpaired) electrons. The van der Waals surface area contributed by atoms with Crippen LogP contribution in [0.15, 0.2) is 59.5 Å². The third-order valence-electron chi connectivity index (χ3n) is 5.30. The summed E-state index contributed by atoms with van der Waals surface area (Å²) in [6.45, 7) is 2.04. The molecular formula is C27H20Cl2FIN2O5S. The molecule has 7 nitrogen and oxygen atoms in total. The number of anilines is 1. The van der Waals surface area contributed by atoms with Gasteiger partial charge in [0.15, 0.2) is 11.5 Å². The SMILES string of the molecule is CCOc1cc(/C=C2/SC(=O)N(CC(=O)Nc3ccc(F)c(Cl)c3)C2=O)cc(I)c1OCc1ccc(Cl)cc1. The van der Waals surface area contributed by atoms with Gasteiger partial charge in [0.1, 0.15) is 19.0 Å². The Kier molecular flexibility index (Phi) is 9.76. The fourth-order valence-electron chi connectivity index (χ4n) is 3.52. The third kappa shape index (κ3) is 7.44. The molecule has 3 aromatic carbocycles. The van der Waals surface area contributed by atoms with E-state index in [0.29, 0.717) is 35.3 Å². The van der Waals surface area contributed by atoms with Gasteiger partial charge in [0.05, 0.1) is 20.1 Å². The maximum Gasteiger partial charge on any atom is 0.294 e. The normalized spacial score (nSPS) is 14.2. The summed E-state index contributed by atoms with van der Waals surface area (Å²) < 4.78 is 25.9. The molecule has 0 atom stereocenters. The van der Waals surface area contributed by atoms with Crippen molar-refractivity contribution in [2.45, 2.75) is 13.5 Å². The lowest BCUT2D eigenvalue weighted by atomic mass is 10.1. The lowest BCUT2D eigenvalue weighted by molar-refractivity contribution is -0.127. The summed E-state index contributed by atoms with van der Waals surface area (Å²) in [5.41, 5.74) is 1.80. The van der Waals surface area contributed by atoms with E-state index in [2.05, 4.69) is 27.9 Å². The Morgan fingerprint density at radius 3 is 2.54 bits per heavy atom. The molecule has 1 fully saturated rings. The number of nitrogens with one attached hydrogen (secondary N) is 1. The number of rotatable bonds is 9. The second kappa shape index (κ2) is 13.0. The van der Waals surface area contributed by atoms with Crippen LogP contribution in [0.4, 0.5) is 14.9 Å². The van der Waals surface area contributed by atoms with Crippen LogP contribution in [0, 0.1) is 9.39 Å². The Morgan fingerprint density at radius 2 is 1.85 bits per heavy atom. The zero-order valence-electron chi connectivity index (χ0n) is 20.3. The predicted molar refractivity (Wildman–Crippen MR) is 159 cm³/mol. The molecule has 0 aromatic heterocycles. The van der Waals surface area contributed by atoms with Gasteiger partial charge in [0.25, 0.3) is 11.1 Å². The van der Waals surface area contributed by atoms with Gasteiger partial charge in [-0.3, -0.25) is 19.3 Å². The van der Waals surface area contributed by atoms with E-state index in [4.69, 9.17) is 32.7 Å². The van der Waals surface area contributed by atoms with Crippen LogP contribution in [0.2, 0.25) is 10.0 Å². The van der Waals surface area contributed by atoms with Gasteiger partial charge < -0.3 is 14.8 Å². The summed E-state index contributed by atoms with van der Waals surface area (Å²) in [6.07, 6.45) is 1.57. The second-order valence-corrected chi connectivity index (χ2v) is 11.1. The number of carbonyl (C=O) groups excluding carboxylic acids is 3. The second-order valence-electron chi connectivity index (χ2n) is 8.12. The summed E-state index contributed by atoms with van der Waals surface area (Å²) in [7, 11) is 0. The first-order valence-electron chi connectivity index (χ1n) is 11.5. The largest absolute Gasteiger partial charge is 0.490 e. The van der Waals surface area contributed by atoms with Crippen molar-refractivity contribution in [2.75, 3.05) is 18.5 Å². The molecule has 0 aliphatic carbocycles. The molecule has 1 heterocycles. The van der Waals surface area contributed by atoms with Gasteiger partial charge in [-0.15, -0.1) is 0 Å². The standard InChI is InChI=1S/C27H20Cl2FIN2O5S/c1-2-37-22-10-16(9-21(31)25(22)38-14-15-3-5-17(28)6-4-15)11-23-26(35)33(27(36)39-23)13-24(34)32-18-7-8-20(30)19(29)12-18/h3-12H,2,13-14H2,1H3,(H,32,34)/b23-11+. The first kappa shape index (κ1) is 29.2. The van der Waals surface area contributed by atoms with Crippen LogP contribution in [0.3, 0.4) is 0 Å². The zero-order chi connectivity index (χ0) is 28.1. The van der Waals surface area contributed by atoms with Crippen LogP contribution in [0.5, 0.6) is 11.5 Å². The van der Waals surface area contributed by atoms with Gasteiger partial charge in [0.2, 0.25) is 5.91 Å². The lowest BCUT2D eigenvalue weighted by Crippen LogP contribution is -2.36. The monoisotopic (exact) mass is 700 g/mol. The number of carbonyl (C=O) groups is 3. The van der Waals surface area contributed by atoms with E-state index in [1.54, 1.807) is 30.3 Å². The van der Waals surface area contributed by atoms with Crippen molar-refractivity contribution in [1.29, 1.82) is 0 Å².